The summed E-state index contributed by atoms with van der Waals surface area (Å²) in [5.41, 5.74) is 1.57. The van der Waals surface area contributed by atoms with E-state index < -0.39 is 10.0 Å². The van der Waals surface area contributed by atoms with Crippen LogP contribution < -0.4 is 4.72 Å². The number of aliphatic hydroxyl groups excluding tert-OH is 1. The molecule has 0 aliphatic heterocycles. The summed E-state index contributed by atoms with van der Waals surface area (Å²) < 4.78 is 27.8. The number of aliphatic hydroxyl groups is 1. The minimum Gasteiger partial charge on any atom is -0.392 e. The van der Waals surface area contributed by atoms with Crippen LogP contribution in [0, 0.1) is 6.92 Å². The van der Waals surface area contributed by atoms with Gasteiger partial charge in [-0.05, 0) is 43.0 Å². The van der Waals surface area contributed by atoms with Crippen LogP contribution >= 0.6 is 0 Å². The Morgan fingerprint density at radius 2 is 1.76 bits per heavy atom. The molecular weight excluding hydrogens is 286 g/mol. The van der Waals surface area contributed by atoms with E-state index in [0.29, 0.717) is 5.56 Å². The van der Waals surface area contributed by atoms with Crippen molar-refractivity contribution in [2.24, 2.45) is 0 Å². The minimum absolute atomic E-state index is 0.0363. The van der Waals surface area contributed by atoms with Gasteiger partial charge in [0.05, 0.1) is 11.5 Å². The van der Waals surface area contributed by atoms with Gasteiger partial charge in [0.15, 0.2) is 0 Å². The van der Waals surface area contributed by atoms with Gasteiger partial charge in [0, 0.05) is 6.04 Å². The molecule has 21 heavy (non-hydrogen) atoms. The minimum atomic E-state index is -3.50. The van der Waals surface area contributed by atoms with Crippen molar-refractivity contribution in [1.82, 2.24) is 4.72 Å². The summed E-state index contributed by atoms with van der Waals surface area (Å²) in [5, 5.41) is 9.28. The third-order valence-electron chi connectivity index (χ3n) is 4.23. The zero-order valence-corrected chi connectivity index (χ0v) is 13.5. The normalized spacial score (nSPS) is 18.2. The Bertz CT molecular complexity index is 561. The summed E-state index contributed by atoms with van der Waals surface area (Å²) in [6.45, 7) is 1.73. The van der Waals surface area contributed by atoms with Gasteiger partial charge in [-0.25, -0.2) is 13.1 Å². The van der Waals surface area contributed by atoms with Crippen LogP contribution in [-0.2, 0) is 16.6 Å². The van der Waals surface area contributed by atoms with Crippen molar-refractivity contribution in [2.45, 2.75) is 69.4 Å². The second-order valence-electron chi connectivity index (χ2n) is 5.91. The summed E-state index contributed by atoms with van der Waals surface area (Å²) in [4.78, 5) is 0.249. The van der Waals surface area contributed by atoms with Crippen molar-refractivity contribution in [3.05, 3.63) is 29.3 Å². The van der Waals surface area contributed by atoms with E-state index in [1.165, 1.54) is 19.3 Å². The molecule has 2 N–H and O–H groups in total. The van der Waals surface area contributed by atoms with Crippen LogP contribution in [-0.4, -0.2) is 19.6 Å². The van der Waals surface area contributed by atoms with Gasteiger partial charge in [0.2, 0.25) is 10.0 Å². The first-order valence-electron chi connectivity index (χ1n) is 7.75. The number of benzene rings is 1. The molecule has 118 valence electrons. The fourth-order valence-electron chi connectivity index (χ4n) is 2.85. The number of hydrogen-bond donors (Lipinski definition) is 2. The van der Waals surface area contributed by atoms with Crippen LogP contribution in [0.5, 0.6) is 0 Å². The molecule has 0 amide bonds. The van der Waals surface area contributed by atoms with E-state index in [1.807, 2.05) is 6.92 Å². The topological polar surface area (TPSA) is 66.4 Å². The third-order valence-corrected chi connectivity index (χ3v) is 5.75. The molecule has 0 bridgehead atoms. The van der Waals surface area contributed by atoms with Crippen LogP contribution in [0.1, 0.15) is 56.1 Å². The molecule has 0 spiro atoms. The van der Waals surface area contributed by atoms with E-state index in [-0.39, 0.29) is 17.5 Å². The lowest BCUT2D eigenvalue weighted by molar-refractivity contribution is 0.280. The zero-order chi connectivity index (χ0) is 15.3. The lowest BCUT2D eigenvalue weighted by Crippen LogP contribution is -2.35. The maximum atomic E-state index is 12.5. The molecular formula is C16H25NO3S. The van der Waals surface area contributed by atoms with Crippen LogP contribution in [0.2, 0.25) is 0 Å². The molecule has 0 heterocycles. The fourth-order valence-corrected chi connectivity index (χ4v) is 4.20. The summed E-state index contributed by atoms with van der Waals surface area (Å²) in [6.07, 6.45) is 7.65. The number of sulfonamides is 1. The number of aryl methyl sites for hydroxylation is 1. The molecule has 0 atom stereocenters. The molecule has 4 nitrogen and oxygen atoms in total. The molecule has 0 saturated heterocycles. The first-order chi connectivity index (χ1) is 10.0. The van der Waals surface area contributed by atoms with Crippen molar-refractivity contribution in [3.8, 4) is 0 Å². The second-order valence-corrected chi connectivity index (χ2v) is 7.62. The van der Waals surface area contributed by atoms with Gasteiger partial charge in [-0.15, -0.1) is 0 Å². The average molecular weight is 311 g/mol. The SMILES string of the molecule is Cc1ccc(S(=O)(=O)NC2CCCCCCC2)cc1CO. The maximum Gasteiger partial charge on any atom is 0.240 e. The highest BCUT2D eigenvalue weighted by atomic mass is 32.2. The van der Waals surface area contributed by atoms with Gasteiger partial charge in [-0.1, -0.05) is 38.2 Å². The van der Waals surface area contributed by atoms with E-state index in [9.17, 15) is 13.5 Å². The molecule has 2 rings (SSSR count). The lowest BCUT2D eigenvalue weighted by Gasteiger charge is -2.21. The van der Waals surface area contributed by atoms with Crippen molar-refractivity contribution in [3.63, 3.8) is 0 Å². The van der Waals surface area contributed by atoms with Crippen molar-refractivity contribution in [2.75, 3.05) is 0 Å². The standard InChI is InChI=1S/C16H25NO3S/c1-13-9-10-16(11-14(13)12-18)21(19,20)17-15-7-5-3-2-4-6-8-15/h9-11,15,17-18H,2-8,12H2,1H3. The Morgan fingerprint density at radius 1 is 1.14 bits per heavy atom. The Hall–Kier alpha value is -0.910. The number of nitrogens with one attached hydrogen (secondary N) is 1. The quantitative estimate of drug-likeness (QED) is 0.898. The van der Waals surface area contributed by atoms with Crippen LogP contribution in [0.25, 0.3) is 0 Å². The van der Waals surface area contributed by atoms with Gasteiger partial charge in [0.1, 0.15) is 0 Å². The summed E-state index contributed by atoms with van der Waals surface area (Å²) in [6, 6.07) is 4.97. The van der Waals surface area contributed by atoms with Gasteiger partial charge in [-0.3, -0.25) is 0 Å². The van der Waals surface area contributed by atoms with Crippen molar-refractivity contribution < 1.29 is 13.5 Å². The molecule has 1 aromatic carbocycles. The summed E-state index contributed by atoms with van der Waals surface area (Å²) in [7, 11) is -3.50. The Labute approximate surface area is 127 Å². The molecule has 1 aliphatic carbocycles. The fraction of sp³-hybridized carbons (Fsp3) is 0.625. The van der Waals surface area contributed by atoms with Gasteiger partial charge in [0.25, 0.3) is 0 Å². The smallest absolute Gasteiger partial charge is 0.240 e. The van der Waals surface area contributed by atoms with Crippen LogP contribution in [0.4, 0.5) is 0 Å². The molecule has 1 saturated carbocycles. The van der Waals surface area contributed by atoms with E-state index in [4.69, 9.17) is 0 Å². The molecule has 1 aliphatic rings. The largest absolute Gasteiger partial charge is 0.392 e. The van der Waals surface area contributed by atoms with Gasteiger partial charge in [-0.2, -0.15) is 0 Å². The first-order valence-corrected chi connectivity index (χ1v) is 9.24. The van der Waals surface area contributed by atoms with E-state index in [0.717, 1.165) is 31.2 Å². The summed E-state index contributed by atoms with van der Waals surface area (Å²) in [5.74, 6) is 0. The van der Waals surface area contributed by atoms with Gasteiger partial charge < -0.3 is 5.11 Å². The molecule has 1 fully saturated rings. The van der Waals surface area contributed by atoms with E-state index in [2.05, 4.69) is 4.72 Å². The van der Waals surface area contributed by atoms with E-state index in [1.54, 1.807) is 18.2 Å². The highest BCUT2D eigenvalue weighted by Crippen LogP contribution is 2.20. The summed E-state index contributed by atoms with van der Waals surface area (Å²) >= 11 is 0. The third kappa shape index (κ3) is 4.53. The lowest BCUT2D eigenvalue weighted by atomic mass is 9.97. The Morgan fingerprint density at radius 3 is 2.38 bits per heavy atom. The predicted octanol–water partition coefficient (Wildman–Crippen LogP) is 2.88. The highest BCUT2D eigenvalue weighted by Gasteiger charge is 2.21. The van der Waals surface area contributed by atoms with Crippen molar-refractivity contribution >= 4 is 10.0 Å². The highest BCUT2D eigenvalue weighted by molar-refractivity contribution is 7.89. The zero-order valence-electron chi connectivity index (χ0n) is 12.6. The second kappa shape index (κ2) is 7.38. The number of hydrogen-bond acceptors (Lipinski definition) is 3. The monoisotopic (exact) mass is 311 g/mol. The average Bonchev–Trinajstić information content (AvgIpc) is 2.42. The molecule has 0 unspecified atom stereocenters. The Balaban J connectivity index is 2.13. The predicted molar refractivity (Wildman–Crippen MR) is 83.5 cm³/mol. The number of rotatable bonds is 4. The molecule has 0 radical (unpaired) electrons. The van der Waals surface area contributed by atoms with Crippen LogP contribution in [0.3, 0.4) is 0 Å². The molecule has 1 aromatic rings. The molecule has 5 heteroatoms. The van der Waals surface area contributed by atoms with E-state index >= 15 is 0 Å². The Kier molecular flexibility index (Phi) is 5.79. The maximum absolute atomic E-state index is 12.5. The first kappa shape index (κ1) is 16.5. The van der Waals surface area contributed by atoms with Crippen molar-refractivity contribution in [1.29, 1.82) is 0 Å². The van der Waals surface area contributed by atoms with Crippen LogP contribution in [0.15, 0.2) is 23.1 Å². The molecule has 0 aromatic heterocycles. The van der Waals surface area contributed by atoms with Gasteiger partial charge >= 0.3 is 0 Å².